The molecule has 0 aromatic heterocycles. The van der Waals surface area contributed by atoms with Gasteiger partial charge in [0.05, 0.1) is 14.2 Å². The predicted molar refractivity (Wildman–Crippen MR) is 99.2 cm³/mol. The van der Waals surface area contributed by atoms with Gasteiger partial charge in [-0.25, -0.2) is 0 Å². The van der Waals surface area contributed by atoms with E-state index < -0.39 is 11.8 Å². The van der Waals surface area contributed by atoms with Crippen LogP contribution in [0.1, 0.15) is 11.1 Å². The van der Waals surface area contributed by atoms with Crippen molar-refractivity contribution >= 4 is 11.8 Å². The van der Waals surface area contributed by atoms with Crippen molar-refractivity contribution in [2.75, 3.05) is 27.3 Å². The van der Waals surface area contributed by atoms with Crippen molar-refractivity contribution in [1.82, 2.24) is 4.90 Å². The van der Waals surface area contributed by atoms with Crippen LogP contribution < -0.4 is 15.2 Å². The Bertz CT molecular complexity index is 709. The van der Waals surface area contributed by atoms with Gasteiger partial charge in [-0.1, -0.05) is 24.3 Å². The van der Waals surface area contributed by atoms with Gasteiger partial charge in [-0.05, 0) is 48.2 Å². The molecular weight excluding hydrogens is 332 g/mol. The zero-order valence-corrected chi connectivity index (χ0v) is 15.1. The Kier molecular flexibility index (Phi) is 7.02. The van der Waals surface area contributed by atoms with Crippen LogP contribution in [0.4, 0.5) is 0 Å². The average Bonchev–Trinajstić information content (AvgIpc) is 2.67. The quantitative estimate of drug-likeness (QED) is 0.731. The Morgan fingerprint density at radius 1 is 0.885 bits per heavy atom. The van der Waals surface area contributed by atoms with Gasteiger partial charge in [0.15, 0.2) is 0 Å². The fraction of sp³-hybridized carbons (Fsp3) is 0.300. The molecule has 0 spiro atoms. The van der Waals surface area contributed by atoms with Crippen LogP contribution in [0, 0.1) is 0 Å². The van der Waals surface area contributed by atoms with E-state index in [1.165, 1.54) is 4.90 Å². The molecule has 0 bridgehead atoms. The van der Waals surface area contributed by atoms with E-state index in [0.717, 1.165) is 22.6 Å². The highest BCUT2D eigenvalue weighted by molar-refractivity contribution is 6.34. The Hall–Kier alpha value is -3.02. The van der Waals surface area contributed by atoms with Crippen LogP contribution in [0.25, 0.3) is 0 Å². The van der Waals surface area contributed by atoms with E-state index in [2.05, 4.69) is 0 Å². The van der Waals surface area contributed by atoms with Crippen molar-refractivity contribution in [3.8, 4) is 11.5 Å². The maximum Gasteiger partial charge on any atom is 0.311 e. The van der Waals surface area contributed by atoms with E-state index in [0.29, 0.717) is 25.9 Å². The van der Waals surface area contributed by atoms with E-state index in [9.17, 15) is 9.59 Å². The van der Waals surface area contributed by atoms with Crippen molar-refractivity contribution in [1.29, 1.82) is 0 Å². The number of primary amides is 1. The molecule has 26 heavy (non-hydrogen) atoms. The van der Waals surface area contributed by atoms with Gasteiger partial charge in [-0.3, -0.25) is 9.59 Å². The monoisotopic (exact) mass is 356 g/mol. The van der Waals surface area contributed by atoms with E-state index in [-0.39, 0.29) is 0 Å². The molecule has 0 fully saturated rings. The third-order valence-corrected chi connectivity index (χ3v) is 4.11. The summed E-state index contributed by atoms with van der Waals surface area (Å²) in [6.45, 7) is 0.803. The maximum absolute atomic E-state index is 12.1. The largest absolute Gasteiger partial charge is 0.497 e. The molecule has 0 aliphatic carbocycles. The number of carbonyl (C=O) groups excluding carboxylic acids is 2. The summed E-state index contributed by atoms with van der Waals surface area (Å²) in [7, 11) is 3.21. The molecule has 0 unspecified atom stereocenters. The highest BCUT2D eigenvalue weighted by atomic mass is 16.5. The summed E-state index contributed by atoms with van der Waals surface area (Å²) in [5, 5.41) is 0. The number of nitrogens with two attached hydrogens (primary N) is 1. The van der Waals surface area contributed by atoms with E-state index in [1.807, 2.05) is 48.5 Å². The smallest absolute Gasteiger partial charge is 0.311 e. The lowest BCUT2D eigenvalue weighted by molar-refractivity contribution is -0.144. The molecule has 6 heteroatoms. The topological polar surface area (TPSA) is 81.9 Å². The van der Waals surface area contributed by atoms with Crippen LogP contribution in [0.5, 0.6) is 11.5 Å². The van der Waals surface area contributed by atoms with Crippen molar-refractivity contribution in [2.45, 2.75) is 12.8 Å². The van der Waals surface area contributed by atoms with E-state index in [1.54, 1.807) is 14.2 Å². The van der Waals surface area contributed by atoms with E-state index in [4.69, 9.17) is 15.2 Å². The number of amides is 2. The molecule has 0 saturated carbocycles. The van der Waals surface area contributed by atoms with Gasteiger partial charge in [0, 0.05) is 13.1 Å². The molecule has 2 rings (SSSR count). The summed E-state index contributed by atoms with van der Waals surface area (Å²) in [4.78, 5) is 25.0. The van der Waals surface area contributed by atoms with E-state index >= 15 is 0 Å². The molecule has 6 nitrogen and oxygen atoms in total. The number of hydrogen-bond donors (Lipinski definition) is 1. The van der Waals surface area contributed by atoms with Crippen LogP contribution in [-0.2, 0) is 22.4 Å². The van der Waals surface area contributed by atoms with Crippen LogP contribution in [-0.4, -0.2) is 44.0 Å². The van der Waals surface area contributed by atoms with Gasteiger partial charge in [-0.2, -0.15) is 0 Å². The fourth-order valence-electron chi connectivity index (χ4n) is 2.65. The highest BCUT2D eigenvalue weighted by Gasteiger charge is 2.18. The molecule has 0 aliphatic rings. The molecule has 2 aromatic carbocycles. The third-order valence-electron chi connectivity index (χ3n) is 4.11. The Labute approximate surface area is 153 Å². The van der Waals surface area contributed by atoms with Crippen molar-refractivity contribution in [2.24, 2.45) is 5.73 Å². The summed E-state index contributed by atoms with van der Waals surface area (Å²) < 4.78 is 10.4. The molecule has 138 valence electrons. The minimum atomic E-state index is -0.943. The molecule has 0 saturated heterocycles. The molecular formula is C20H24N2O4. The van der Waals surface area contributed by atoms with Gasteiger partial charge in [0.2, 0.25) is 0 Å². The zero-order valence-electron chi connectivity index (χ0n) is 15.1. The molecule has 2 aromatic rings. The van der Waals surface area contributed by atoms with Gasteiger partial charge in [0.25, 0.3) is 0 Å². The van der Waals surface area contributed by atoms with Crippen LogP contribution in [0.2, 0.25) is 0 Å². The minimum absolute atomic E-state index is 0.402. The van der Waals surface area contributed by atoms with Gasteiger partial charge in [0.1, 0.15) is 11.5 Å². The average molecular weight is 356 g/mol. The first-order chi connectivity index (χ1) is 12.5. The summed E-state index contributed by atoms with van der Waals surface area (Å²) in [5.41, 5.74) is 7.24. The summed E-state index contributed by atoms with van der Waals surface area (Å²) in [6.07, 6.45) is 1.21. The second-order valence-electron chi connectivity index (χ2n) is 5.86. The summed E-state index contributed by atoms with van der Waals surface area (Å²) >= 11 is 0. The number of nitrogens with zero attached hydrogens (tertiary/aromatic N) is 1. The molecule has 2 amide bonds. The second-order valence-corrected chi connectivity index (χ2v) is 5.86. The van der Waals surface area contributed by atoms with Gasteiger partial charge >= 0.3 is 11.8 Å². The summed E-state index contributed by atoms with van der Waals surface area (Å²) in [6, 6.07) is 15.2. The predicted octanol–water partition coefficient (Wildman–Crippen LogP) is 1.80. The Morgan fingerprint density at radius 2 is 1.35 bits per heavy atom. The molecule has 0 aliphatic heterocycles. The zero-order chi connectivity index (χ0) is 18.9. The standard InChI is InChI=1S/C20H24N2O4/c1-25-17-7-3-5-15(13-17)9-11-22(20(24)19(21)23)12-10-16-6-4-8-18(14-16)26-2/h3-8,13-14H,9-12H2,1-2H3,(H2,21,23). The van der Waals surface area contributed by atoms with Crippen molar-refractivity contribution in [3.05, 3.63) is 59.7 Å². The van der Waals surface area contributed by atoms with Crippen LogP contribution in [0.3, 0.4) is 0 Å². The Balaban J connectivity index is 2.03. The lowest BCUT2D eigenvalue weighted by Crippen LogP contribution is -2.42. The lowest BCUT2D eigenvalue weighted by Gasteiger charge is -2.21. The number of carbonyl (C=O) groups is 2. The number of hydrogen-bond acceptors (Lipinski definition) is 4. The Morgan fingerprint density at radius 3 is 1.73 bits per heavy atom. The molecule has 0 heterocycles. The van der Waals surface area contributed by atoms with Crippen molar-refractivity contribution < 1.29 is 19.1 Å². The number of benzene rings is 2. The molecule has 2 N–H and O–H groups in total. The van der Waals surface area contributed by atoms with Crippen molar-refractivity contribution in [3.63, 3.8) is 0 Å². The minimum Gasteiger partial charge on any atom is -0.497 e. The third kappa shape index (κ3) is 5.51. The SMILES string of the molecule is COc1cccc(CCN(CCc2cccc(OC)c2)C(=O)C(N)=O)c1. The summed E-state index contributed by atoms with van der Waals surface area (Å²) in [5.74, 6) is -0.101. The maximum atomic E-state index is 12.1. The normalized spacial score (nSPS) is 10.2. The first kappa shape index (κ1) is 19.3. The first-order valence-corrected chi connectivity index (χ1v) is 8.38. The molecule has 0 atom stereocenters. The molecule has 0 radical (unpaired) electrons. The number of methoxy groups -OCH3 is 2. The first-order valence-electron chi connectivity index (χ1n) is 8.38. The second kappa shape index (κ2) is 9.46. The fourth-order valence-corrected chi connectivity index (χ4v) is 2.65. The van der Waals surface area contributed by atoms with Gasteiger partial charge in [-0.15, -0.1) is 0 Å². The number of rotatable bonds is 8. The van der Waals surface area contributed by atoms with Crippen LogP contribution in [0.15, 0.2) is 48.5 Å². The van der Waals surface area contributed by atoms with Crippen LogP contribution >= 0.6 is 0 Å². The highest BCUT2D eigenvalue weighted by Crippen LogP contribution is 2.15. The number of ether oxygens (including phenoxy) is 2. The lowest BCUT2D eigenvalue weighted by atomic mass is 10.1. The van der Waals surface area contributed by atoms with Gasteiger partial charge < -0.3 is 20.1 Å².